The molecule has 7 heteroatoms. The quantitative estimate of drug-likeness (QED) is 0.536. The molecule has 0 aromatic heterocycles. The molecule has 1 fully saturated rings. The predicted molar refractivity (Wildman–Crippen MR) is 137 cm³/mol. The first-order chi connectivity index (χ1) is 15.6. The van der Waals surface area contributed by atoms with Crippen LogP contribution in [0.5, 0.6) is 0 Å². The molecule has 2 aliphatic heterocycles. The van der Waals surface area contributed by atoms with Gasteiger partial charge >= 0.3 is 0 Å². The SMILES string of the molecule is COCCc1cc2c(cc1CCOC)NC1(CCSCC1)C(=NCc1cccc(Cl)c1)N2. The van der Waals surface area contributed by atoms with Crippen LogP contribution in [0.15, 0.2) is 41.4 Å². The number of anilines is 2. The Balaban J connectivity index is 1.67. The number of benzene rings is 2. The summed E-state index contributed by atoms with van der Waals surface area (Å²) in [5.41, 5.74) is 5.83. The first kappa shape index (κ1) is 23.4. The third kappa shape index (κ3) is 5.42. The molecule has 2 N–H and O–H groups in total. The molecular formula is C25H32ClN3O2S. The maximum absolute atomic E-state index is 6.19. The molecule has 0 unspecified atom stereocenters. The van der Waals surface area contributed by atoms with Crippen LogP contribution in [0.2, 0.25) is 5.02 Å². The van der Waals surface area contributed by atoms with E-state index in [1.807, 2.05) is 30.0 Å². The van der Waals surface area contributed by atoms with Gasteiger partial charge in [-0.25, -0.2) is 0 Å². The standard InChI is InChI=1S/C25H32ClN3O2S/c1-30-10-6-19-15-22-23(16-20(19)7-11-31-2)29-25(8-12-32-13-9-25)24(28-22)27-17-18-4-3-5-21(26)14-18/h3-5,14-16,29H,6-13,17H2,1-2H3,(H,27,28). The molecule has 172 valence electrons. The normalized spacial score (nSPS) is 18.3. The Kier molecular flexibility index (Phi) is 8.00. The fourth-order valence-corrected chi connectivity index (χ4v) is 5.83. The molecule has 4 rings (SSSR count). The molecule has 2 aromatic carbocycles. The molecule has 0 bridgehead atoms. The van der Waals surface area contributed by atoms with Crippen LogP contribution in [0.3, 0.4) is 0 Å². The number of ether oxygens (including phenoxy) is 2. The minimum absolute atomic E-state index is 0.149. The van der Waals surface area contributed by atoms with Gasteiger partial charge in [0, 0.05) is 19.2 Å². The molecule has 0 amide bonds. The number of aliphatic imine (C=N–C) groups is 1. The summed E-state index contributed by atoms with van der Waals surface area (Å²) in [7, 11) is 3.50. The first-order valence-corrected chi connectivity index (χ1v) is 12.7. The smallest absolute Gasteiger partial charge is 0.127 e. The van der Waals surface area contributed by atoms with Crippen molar-refractivity contribution >= 4 is 40.6 Å². The lowest BCUT2D eigenvalue weighted by atomic mass is 9.86. The van der Waals surface area contributed by atoms with E-state index in [0.29, 0.717) is 19.8 Å². The first-order valence-electron chi connectivity index (χ1n) is 11.2. The van der Waals surface area contributed by atoms with Crippen molar-refractivity contribution in [2.45, 2.75) is 37.8 Å². The van der Waals surface area contributed by atoms with E-state index in [1.165, 1.54) is 11.1 Å². The van der Waals surface area contributed by atoms with Crippen molar-refractivity contribution in [3.8, 4) is 0 Å². The Bertz CT molecular complexity index is 960. The van der Waals surface area contributed by atoms with E-state index in [4.69, 9.17) is 26.1 Å². The van der Waals surface area contributed by atoms with E-state index >= 15 is 0 Å². The molecule has 5 nitrogen and oxygen atoms in total. The van der Waals surface area contributed by atoms with Gasteiger partial charge in [0.15, 0.2) is 0 Å². The minimum Gasteiger partial charge on any atom is -0.384 e. The van der Waals surface area contributed by atoms with E-state index in [0.717, 1.165) is 65.0 Å². The van der Waals surface area contributed by atoms with Crippen molar-refractivity contribution in [3.05, 3.63) is 58.1 Å². The number of hydrogen-bond donors (Lipinski definition) is 2. The highest BCUT2D eigenvalue weighted by molar-refractivity contribution is 7.99. The second-order valence-corrected chi connectivity index (χ2v) is 10.1. The second kappa shape index (κ2) is 10.9. The Labute approximate surface area is 200 Å². The van der Waals surface area contributed by atoms with Gasteiger partial charge in [-0.05, 0) is 78.1 Å². The van der Waals surface area contributed by atoms with Gasteiger partial charge in [-0.3, -0.25) is 4.99 Å². The molecular weight excluding hydrogens is 442 g/mol. The number of fused-ring (bicyclic) bond motifs is 1. The van der Waals surface area contributed by atoms with Crippen LogP contribution in [0.25, 0.3) is 0 Å². The fourth-order valence-electron chi connectivity index (χ4n) is 4.43. The Morgan fingerprint density at radius 2 is 1.69 bits per heavy atom. The van der Waals surface area contributed by atoms with Gasteiger partial charge in [-0.15, -0.1) is 0 Å². The maximum Gasteiger partial charge on any atom is 0.127 e. The van der Waals surface area contributed by atoms with Crippen molar-refractivity contribution in [2.75, 3.05) is 49.6 Å². The lowest BCUT2D eigenvalue weighted by Gasteiger charge is -2.44. The lowest BCUT2D eigenvalue weighted by Crippen LogP contribution is -2.54. The highest BCUT2D eigenvalue weighted by atomic mass is 35.5. The number of halogens is 1. The zero-order valence-corrected chi connectivity index (χ0v) is 20.5. The zero-order valence-electron chi connectivity index (χ0n) is 18.9. The van der Waals surface area contributed by atoms with Crippen molar-refractivity contribution in [3.63, 3.8) is 0 Å². The number of methoxy groups -OCH3 is 2. The topological polar surface area (TPSA) is 54.9 Å². The van der Waals surface area contributed by atoms with Crippen molar-refractivity contribution in [1.29, 1.82) is 0 Å². The summed E-state index contributed by atoms with van der Waals surface area (Å²) in [5.74, 6) is 3.29. The number of hydrogen-bond acceptors (Lipinski definition) is 5. The van der Waals surface area contributed by atoms with E-state index in [9.17, 15) is 0 Å². The third-order valence-corrected chi connectivity index (χ3v) is 7.45. The van der Waals surface area contributed by atoms with Crippen molar-refractivity contribution < 1.29 is 9.47 Å². The number of nitrogens with one attached hydrogen (secondary N) is 2. The summed E-state index contributed by atoms with van der Waals surface area (Å²) in [6.45, 7) is 2.01. The van der Waals surface area contributed by atoms with Gasteiger partial charge < -0.3 is 20.1 Å². The molecule has 2 aliphatic rings. The largest absolute Gasteiger partial charge is 0.384 e. The molecule has 32 heavy (non-hydrogen) atoms. The Morgan fingerprint density at radius 1 is 1.00 bits per heavy atom. The number of amidine groups is 1. The van der Waals surface area contributed by atoms with Crippen molar-refractivity contribution in [2.24, 2.45) is 4.99 Å². The summed E-state index contributed by atoms with van der Waals surface area (Å²) in [5, 5.41) is 8.37. The predicted octanol–water partition coefficient (Wildman–Crippen LogP) is 5.42. The molecule has 1 saturated heterocycles. The summed E-state index contributed by atoms with van der Waals surface area (Å²) in [6.07, 6.45) is 3.87. The monoisotopic (exact) mass is 473 g/mol. The fraction of sp³-hybridized carbons (Fsp3) is 0.480. The van der Waals surface area contributed by atoms with E-state index in [-0.39, 0.29) is 5.54 Å². The molecule has 0 aliphatic carbocycles. The Morgan fingerprint density at radius 3 is 2.34 bits per heavy atom. The summed E-state index contributed by atoms with van der Waals surface area (Å²) in [6, 6.07) is 12.5. The summed E-state index contributed by atoms with van der Waals surface area (Å²) in [4.78, 5) is 5.06. The van der Waals surface area contributed by atoms with Gasteiger partial charge in [0.2, 0.25) is 0 Å². The maximum atomic E-state index is 6.19. The molecule has 0 radical (unpaired) electrons. The minimum atomic E-state index is -0.149. The van der Waals surface area contributed by atoms with Gasteiger partial charge in [0.1, 0.15) is 5.84 Å². The number of nitrogens with zero attached hydrogens (tertiary/aromatic N) is 1. The molecule has 2 heterocycles. The van der Waals surface area contributed by atoms with Gasteiger partial charge in [0.25, 0.3) is 0 Å². The molecule has 1 spiro atoms. The van der Waals surface area contributed by atoms with Gasteiger partial charge in [0.05, 0.1) is 36.7 Å². The van der Waals surface area contributed by atoms with Crippen LogP contribution in [0, 0.1) is 0 Å². The van der Waals surface area contributed by atoms with Crippen LogP contribution >= 0.6 is 23.4 Å². The van der Waals surface area contributed by atoms with Crippen LogP contribution < -0.4 is 10.6 Å². The van der Waals surface area contributed by atoms with Crippen LogP contribution in [0.4, 0.5) is 11.4 Å². The van der Waals surface area contributed by atoms with E-state index < -0.39 is 0 Å². The zero-order chi connectivity index (χ0) is 22.4. The Hall–Kier alpha value is -1.73. The highest BCUT2D eigenvalue weighted by Gasteiger charge is 2.41. The number of rotatable bonds is 8. The van der Waals surface area contributed by atoms with Crippen LogP contribution in [0.1, 0.15) is 29.5 Å². The summed E-state index contributed by atoms with van der Waals surface area (Å²) >= 11 is 8.20. The molecule has 0 atom stereocenters. The lowest BCUT2D eigenvalue weighted by molar-refractivity contribution is 0.198. The third-order valence-electron chi connectivity index (χ3n) is 6.23. The van der Waals surface area contributed by atoms with Crippen LogP contribution in [-0.4, -0.2) is 50.3 Å². The van der Waals surface area contributed by atoms with E-state index in [2.05, 4.69) is 28.8 Å². The van der Waals surface area contributed by atoms with Crippen molar-refractivity contribution in [1.82, 2.24) is 0 Å². The molecule has 2 aromatic rings. The average molecular weight is 474 g/mol. The molecule has 0 saturated carbocycles. The van der Waals surface area contributed by atoms with Crippen LogP contribution in [-0.2, 0) is 28.9 Å². The van der Waals surface area contributed by atoms with Gasteiger partial charge in [-0.2, -0.15) is 11.8 Å². The number of thioether (sulfide) groups is 1. The van der Waals surface area contributed by atoms with E-state index in [1.54, 1.807) is 14.2 Å². The average Bonchev–Trinajstić information content (AvgIpc) is 2.80. The summed E-state index contributed by atoms with van der Waals surface area (Å²) < 4.78 is 10.7. The highest BCUT2D eigenvalue weighted by Crippen LogP contribution is 2.40. The van der Waals surface area contributed by atoms with Gasteiger partial charge in [-0.1, -0.05) is 23.7 Å². The second-order valence-electron chi connectivity index (χ2n) is 8.39.